The number of benzene rings is 2. The number of nitrogens with one attached hydrogen (secondary N) is 1. The molecule has 0 atom stereocenters. The number of rotatable bonds is 5. The van der Waals surface area contributed by atoms with Crippen LogP contribution in [0.3, 0.4) is 0 Å². The second kappa shape index (κ2) is 8.71. The van der Waals surface area contributed by atoms with Crippen molar-refractivity contribution in [3.05, 3.63) is 89.0 Å². The van der Waals surface area contributed by atoms with Gasteiger partial charge in [-0.05, 0) is 42.8 Å². The minimum Gasteiger partial charge on any atom is -0.267 e. The summed E-state index contributed by atoms with van der Waals surface area (Å²) in [5, 5.41) is 4.62. The summed E-state index contributed by atoms with van der Waals surface area (Å²) in [5.41, 5.74) is 4.85. The summed E-state index contributed by atoms with van der Waals surface area (Å²) in [6.45, 7) is 1.81. The Morgan fingerprint density at radius 1 is 1.04 bits per heavy atom. The van der Waals surface area contributed by atoms with Gasteiger partial charge >= 0.3 is 0 Å². The van der Waals surface area contributed by atoms with E-state index in [0.29, 0.717) is 16.3 Å². The Balaban J connectivity index is 1.87. The monoisotopic (exact) mass is 324 g/mol. The third-order valence-electron chi connectivity index (χ3n) is 2.98. The molecule has 0 saturated carbocycles. The van der Waals surface area contributed by atoms with E-state index in [1.807, 2.05) is 61.6 Å². The van der Waals surface area contributed by atoms with Crippen LogP contribution in [0, 0.1) is 0 Å². The zero-order valence-electron chi connectivity index (χ0n) is 12.7. The highest BCUT2D eigenvalue weighted by Gasteiger charge is 2.03. The number of carbonyl (C=O) groups excluding carboxylic acids is 1. The maximum atomic E-state index is 11.9. The van der Waals surface area contributed by atoms with E-state index in [2.05, 4.69) is 10.5 Å². The van der Waals surface area contributed by atoms with Crippen molar-refractivity contribution in [2.24, 2.45) is 5.10 Å². The molecular formula is C19H17ClN2O. The van der Waals surface area contributed by atoms with Gasteiger partial charge in [-0.15, -0.1) is 0 Å². The highest BCUT2D eigenvalue weighted by molar-refractivity contribution is 6.30. The zero-order chi connectivity index (χ0) is 16.5. The van der Waals surface area contributed by atoms with Crippen molar-refractivity contribution in [3.8, 4) is 0 Å². The smallest absolute Gasteiger partial charge is 0.267 e. The average molecular weight is 325 g/mol. The SMILES string of the molecule is CC(/C=C/C=C/c1ccccc1)=N/NC(=O)c1ccc(Cl)cc1. The molecule has 0 unspecified atom stereocenters. The van der Waals surface area contributed by atoms with Crippen LogP contribution in [0.5, 0.6) is 0 Å². The number of nitrogens with zero attached hydrogens (tertiary/aromatic N) is 1. The number of halogens is 1. The van der Waals surface area contributed by atoms with Crippen LogP contribution in [0.2, 0.25) is 5.02 Å². The lowest BCUT2D eigenvalue weighted by Crippen LogP contribution is -2.18. The van der Waals surface area contributed by atoms with E-state index < -0.39 is 0 Å². The first kappa shape index (κ1) is 16.7. The van der Waals surface area contributed by atoms with Crippen LogP contribution in [0.1, 0.15) is 22.8 Å². The molecule has 3 nitrogen and oxygen atoms in total. The van der Waals surface area contributed by atoms with Gasteiger partial charge in [-0.3, -0.25) is 4.79 Å². The molecule has 0 bridgehead atoms. The molecular weight excluding hydrogens is 308 g/mol. The lowest BCUT2D eigenvalue weighted by molar-refractivity contribution is 0.0955. The van der Waals surface area contributed by atoms with Gasteiger partial charge in [0.1, 0.15) is 0 Å². The summed E-state index contributed by atoms with van der Waals surface area (Å²) in [6, 6.07) is 16.7. The first-order chi connectivity index (χ1) is 11.1. The number of amides is 1. The summed E-state index contributed by atoms with van der Waals surface area (Å²) >= 11 is 5.78. The van der Waals surface area contributed by atoms with E-state index in [1.165, 1.54) is 0 Å². The van der Waals surface area contributed by atoms with E-state index in [1.54, 1.807) is 24.3 Å². The minimum absolute atomic E-state index is 0.269. The molecule has 2 rings (SSSR count). The van der Waals surface area contributed by atoms with Gasteiger partial charge in [0.15, 0.2) is 0 Å². The Labute approximate surface area is 141 Å². The normalized spacial score (nSPS) is 12.0. The fraction of sp³-hybridized carbons (Fsp3) is 0.0526. The summed E-state index contributed by atoms with van der Waals surface area (Å²) in [6.07, 6.45) is 7.62. The van der Waals surface area contributed by atoms with Crippen molar-refractivity contribution in [2.75, 3.05) is 0 Å². The average Bonchev–Trinajstić information content (AvgIpc) is 2.58. The Morgan fingerprint density at radius 2 is 1.74 bits per heavy atom. The summed E-state index contributed by atoms with van der Waals surface area (Å²) < 4.78 is 0. The molecule has 0 radical (unpaired) electrons. The predicted molar refractivity (Wildman–Crippen MR) is 96.6 cm³/mol. The van der Waals surface area contributed by atoms with Gasteiger partial charge < -0.3 is 0 Å². The molecule has 116 valence electrons. The first-order valence-corrected chi connectivity index (χ1v) is 7.53. The lowest BCUT2D eigenvalue weighted by atomic mass is 10.2. The van der Waals surface area contributed by atoms with Crippen molar-refractivity contribution in [3.63, 3.8) is 0 Å². The molecule has 0 spiro atoms. The molecule has 0 heterocycles. The van der Waals surface area contributed by atoms with Gasteiger partial charge in [-0.2, -0.15) is 5.10 Å². The third-order valence-corrected chi connectivity index (χ3v) is 3.23. The highest BCUT2D eigenvalue weighted by atomic mass is 35.5. The molecule has 2 aromatic carbocycles. The second-order valence-electron chi connectivity index (χ2n) is 4.83. The van der Waals surface area contributed by atoms with Crippen LogP contribution in [-0.2, 0) is 0 Å². The number of allylic oxidation sites excluding steroid dienone is 3. The summed E-state index contributed by atoms with van der Waals surface area (Å²) in [5.74, 6) is -0.269. The van der Waals surface area contributed by atoms with Crippen molar-refractivity contribution < 1.29 is 4.79 Å². The van der Waals surface area contributed by atoms with E-state index in [0.717, 1.165) is 5.56 Å². The van der Waals surface area contributed by atoms with Crippen LogP contribution in [0.15, 0.2) is 77.9 Å². The fourth-order valence-electron chi connectivity index (χ4n) is 1.77. The summed E-state index contributed by atoms with van der Waals surface area (Å²) in [7, 11) is 0. The number of carbonyl (C=O) groups is 1. The molecule has 0 saturated heterocycles. The predicted octanol–water partition coefficient (Wildman–Crippen LogP) is 4.72. The Morgan fingerprint density at radius 3 is 2.43 bits per heavy atom. The van der Waals surface area contributed by atoms with Crippen molar-refractivity contribution in [1.29, 1.82) is 0 Å². The number of hydrazone groups is 1. The van der Waals surface area contributed by atoms with Gasteiger partial charge in [0.2, 0.25) is 0 Å². The molecule has 1 amide bonds. The maximum absolute atomic E-state index is 11.9. The van der Waals surface area contributed by atoms with Crippen LogP contribution in [0.25, 0.3) is 6.08 Å². The maximum Gasteiger partial charge on any atom is 0.271 e. The topological polar surface area (TPSA) is 41.5 Å². The zero-order valence-corrected chi connectivity index (χ0v) is 13.5. The largest absolute Gasteiger partial charge is 0.271 e. The van der Waals surface area contributed by atoms with E-state index in [4.69, 9.17) is 11.6 Å². The Kier molecular flexibility index (Phi) is 6.33. The molecule has 1 N–H and O–H groups in total. The van der Waals surface area contributed by atoms with Crippen LogP contribution < -0.4 is 5.43 Å². The molecule has 23 heavy (non-hydrogen) atoms. The fourth-order valence-corrected chi connectivity index (χ4v) is 1.89. The molecule has 0 fully saturated rings. The van der Waals surface area contributed by atoms with Gasteiger partial charge in [-0.1, -0.05) is 60.2 Å². The van der Waals surface area contributed by atoms with Gasteiger partial charge in [0.05, 0.1) is 5.71 Å². The first-order valence-electron chi connectivity index (χ1n) is 7.15. The van der Waals surface area contributed by atoms with Gasteiger partial charge in [0.25, 0.3) is 5.91 Å². The van der Waals surface area contributed by atoms with Crippen LogP contribution in [0.4, 0.5) is 0 Å². The van der Waals surface area contributed by atoms with Gasteiger partial charge in [-0.25, -0.2) is 5.43 Å². The van der Waals surface area contributed by atoms with Gasteiger partial charge in [0, 0.05) is 10.6 Å². The van der Waals surface area contributed by atoms with E-state index >= 15 is 0 Å². The number of hydrogen-bond acceptors (Lipinski definition) is 2. The van der Waals surface area contributed by atoms with Crippen molar-refractivity contribution >= 4 is 29.3 Å². The summed E-state index contributed by atoms with van der Waals surface area (Å²) in [4.78, 5) is 11.9. The van der Waals surface area contributed by atoms with Crippen molar-refractivity contribution in [2.45, 2.75) is 6.92 Å². The van der Waals surface area contributed by atoms with Crippen molar-refractivity contribution in [1.82, 2.24) is 5.43 Å². The highest BCUT2D eigenvalue weighted by Crippen LogP contribution is 2.09. The number of hydrogen-bond donors (Lipinski definition) is 1. The molecule has 0 aliphatic heterocycles. The minimum atomic E-state index is -0.269. The Hall–Kier alpha value is -2.65. The van der Waals surface area contributed by atoms with E-state index in [-0.39, 0.29) is 5.91 Å². The molecule has 0 aliphatic carbocycles. The van der Waals surface area contributed by atoms with Crippen LogP contribution >= 0.6 is 11.6 Å². The quantitative estimate of drug-likeness (QED) is 0.483. The lowest BCUT2D eigenvalue weighted by Gasteiger charge is -2.00. The molecule has 0 aliphatic rings. The molecule has 2 aromatic rings. The molecule has 0 aromatic heterocycles. The van der Waals surface area contributed by atoms with E-state index in [9.17, 15) is 4.79 Å². The third kappa shape index (κ3) is 5.93. The Bertz CT molecular complexity index is 732. The standard InChI is InChI=1S/C19H17ClN2O/c1-15(7-5-6-10-16-8-3-2-4-9-16)21-22-19(23)17-11-13-18(20)14-12-17/h2-14H,1H3,(H,22,23)/b7-5+,10-6+,21-15-. The molecule has 4 heteroatoms. The van der Waals surface area contributed by atoms with Crippen LogP contribution in [-0.4, -0.2) is 11.6 Å². The second-order valence-corrected chi connectivity index (χ2v) is 5.27.